The van der Waals surface area contributed by atoms with Crippen molar-refractivity contribution >= 4 is 40.8 Å². The minimum atomic E-state index is -1.02. The molecule has 0 aromatic heterocycles. The second kappa shape index (κ2) is 9.75. The van der Waals surface area contributed by atoms with Crippen LogP contribution in [-0.4, -0.2) is 30.0 Å². The standard InChI is InChI=1S/C20H21ClN2O5/c1-12(19(25)23-17-8-6-16(7-9-17)22-14(3)24)28-20(26)13(2)27-18-10-4-15(21)5-11-18/h4-13H,1-3H3,(H,22,24)(H,23,25)/t12-,13-/m1/s1. The molecule has 7 nitrogen and oxygen atoms in total. The van der Waals surface area contributed by atoms with Crippen LogP contribution in [-0.2, 0) is 19.1 Å². The smallest absolute Gasteiger partial charge is 0.347 e. The van der Waals surface area contributed by atoms with E-state index in [1.165, 1.54) is 20.8 Å². The van der Waals surface area contributed by atoms with Gasteiger partial charge >= 0.3 is 5.97 Å². The Morgan fingerprint density at radius 2 is 1.39 bits per heavy atom. The van der Waals surface area contributed by atoms with Gasteiger partial charge in [0.15, 0.2) is 12.2 Å². The summed E-state index contributed by atoms with van der Waals surface area (Å²) in [5, 5.41) is 5.82. The number of ether oxygens (including phenoxy) is 2. The summed E-state index contributed by atoms with van der Waals surface area (Å²) < 4.78 is 10.6. The van der Waals surface area contributed by atoms with Gasteiger partial charge < -0.3 is 20.1 Å². The molecule has 0 heterocycles. The molecule has 0 fully saturated rings. The van der Waals surface area contributed by atoms with Crippen LogP contribution in [0.4, 0.5) is 11.4 Å². The Bertz CT molecular complexity index is 837. The van der Waals surface area contributed by atoms with Gasteiger partial charge in [-0.05, 0) is 62.4 Å². The first-order chi connectivity index (χ1) is 13.2. The fraction of sp³-hybridized carbons (Fsp3) is 0.250. The van der Waals surface area contributed by atoms with Crippen molar-refractivity contribution in [3.8, 4) is 5.75 Å². The van der Waals surface area contributed by atoms with E-state index < -0.39 is 24.1 Å². The van der Waals surface area contributed by atoms with Gasteiger partial charge in [-0.25, -0.2) is 4.79 Å². The largest absolute Gasteiger partial charge is 0.479 e. The number of anilines is 2. The SMILES string of the molecule is CC(=O)Nc1ccc(NC(=O)[C@@H](C)OC(=O)[C@@H](C)Oc2ccc(Cl)cc2)cc1. The molecule has 8 heteroatoms. The fourth-order valence-electron chi connectivity index (χ4n) is 2.17. The molecule has 0 unspecified atom stereocenters. The zero-order valence-electron chi connectivity index (χ0n) is 15.7. The molecule has 2 aromatic carbocycles. The van der Waals surface area contributed by atoms with Crippen LogP contribution in [0.15, 0.2) is 48.5 Å². The van der Waals surface area contributed by atoms with E-state index in [2.05, 4.69) is 10.6 Å². The quantitative estimate of drug-likeness (QED) is 0.687. The van der Waals surface area contributed by atoms with Gasteiger partial charge in [0.25, 0.3) is 5.91 Å². The maximum Gasteiger partial charge on any atom is 0.347 e. The third kappa shape index (κ3) is 6.59. The van der Waals surface area contributed by atoms with Crippen molar-refractivity contribution in [3.63, 3.8) is 0 Å². The van der Waals surface area contributed by atoms with Crippen LogP contribution in [0.5, 0.6) is 5.75 Å². The lowest BCUT2D eigenvalue weighted by molar-refractivity contribution is -0.159. The molecule has 28 heavy (non-hydrogen) atoms. The van der Waals surface area contributed by atoms with Gasteiger partial charge in [-0.1, -0.05) is 11.6 Å². The van der Waals surface area contributed by atoms with Crippen molar-refractivity contribution in [2.75, 3.05) is 10.6 Å². The zero-order valence-corrected chi connectivity index (χ0v) is 16.4. The highest BCUT2D eigenvalue weighted by Crippen LogP contribution is 2.18. The van der Waals surface area contributed by atoms with Crippen LogP contribution in [0, 0.1) is 0 Å². The highest BCUT2D eigenvalue weighted by atomic mass is 35.5. The number of esters is 1. The van der Waals surface area contributed by atoms with E-state index in [4.69, 9.17) is 21.1 Å². The minimum absolute atomic E-state index is 0.188. The molecule has 2 N–H and O–H groups in total. The fourth-order valence-corrected chi connectivity index (χ4v) is 2.30. The van der Waals surface area contributed by atoms with E-state index in [0.717, 1.165) is 0 Å². The molecule has 0 aliphatic rings. The van der Waals surface area contributed by atoms with Crippen LogP contribution in [0.3, 0.4) is 0 Å². The van der Waals surface area contributed by atoms with Crippen LogP contribution >= 0.6 is 11.6 Å². The molecule has 2 rings (SSSR count). The first-order valence-electron chi connectivity index (χ1n) is 8.56. The number of nitrogens with one attached hydrogen (secondary N) is 2. The molecule has 0 aliphatic carbocycles. The average molecular weight is 405 g/mol. The summed E-state index contributed by atoms with van der Waals surface area (Å²) in [6.45, 7) is 4.40. The Morgan fingerprint density at radius 1 is 0.857 bits per heavy atom. The van der Waals surface area contributed by atoms with E-state index in [0.29, 0.717) is 22.1 Å². The summed E-state index contributed by atoms with van der Waals surface area (Å²) in [6.07, 6.45) is -1.91. The minimum Gasteiger partial charge on any atom is -0.479 e. The Morgan fingerprint density at radius 3 is 1.93 bits per heavy atom. The topological polar surface area (TPSA) is 93.7 Å². The van der Waals surface area contributed by atoms with Gasteiger partial charge in [-0.2, -0.15) is 0 Å². The van der Waals surface area contributed by atoms with Gasteiger partial charge in [0, 0.05) is 23.3 Å². The van der Waals surface area contributed by atoms with E-state index in [9.17, 15) is 14.4 Å². The number of hydrogen-bond acceptors (Lipinski definition) is 5. The van der Waals surface area contributed by atoms with Gasteiger partial charge in [0.2, 0.25) is 5.91 Å². The highest BCUT2D eigenvalue weighted by molar-refractivity contribution is 6.30. The normalized spacial score (nSPS) is 12.4. The number of hydrogen-bond donors (Lipinski definition) is 2. The van der Waals surface area contributed by atoms with E-state index in [-0.39, 0.29) is 5.91 Å². The number of carbonyl (C=O) groups is 3. The number of carbonyl (C=O) groups excluding carboxylic acids is 3. The third-order valence-corrected chi connectivity index (χ3v) is 3.85. The Balaban J connectivity index is 1.85. The van der Waals surface area contributed by atoms with Crippen molar-refractivity contribution in [3.05, 3.63) is 53.6 Å². The second-order valence-corrected chi connectivity index (χ2v) is 6.48. The number of amides is 2. The van der Waals surface area contributed by atoms with Gasteiger partial charge in [-0.15, -0.1) is 0 Å². The predicted octanol–water partition coefficient (Wildman–Crippen LogP) is 3.64. The lowest BCUT2D eigenvalue weighted by Crippen LogP contribution is -2.35. The molecule has 0 saturated carbocycles. The van der Waals surface area contributed by atoms with Crippen molar-refractivity contribution in [1.29, 1.82) is 0 Å². The molecule has 0 aliphatic heterocycles. The summed E-state index contributed by atoms with van der Waals surface area (Å²) in [5.41, 5.74) is 1.12. The van der Waals surface area contributed by atoms with Crippen LogP contribution in [0.1, 0.15) is 20.8 Å². The Labute approximate surface area is 168 Å². The average Bonchev–Trinajstić information content (AvgIpc) is 2.64. The molecule has 0 saturated heterocycles. The van der Waals surface area contributed by atoms with Gasteiger partial charge in [0.1, 0.15) is 5.75 Å². The molecule has 2 aromatic rings. The number of benzene rings is 2. The molecule has 148 valence electrons. The molecule has 2 amide bonds. The van der Waals surface area contributed by atoms with Crippen molar-refractivity contribution in [2.24, 2.45) is 0 Å². The number of rotatable bonds is 7. The van der Waals surface area contributed by atoms with Gasteiger partial charge in [0.05, 0.1) is 0 Å². The summed E-state index contributed by atoms with van der Waals surface area (Å²) in [4.78, 5) is 35.4. The van der Waals surface area contributed by atoms with E-state index in [1.807, 2.05) is 0 Å². The van der Waals surface area contributed by atoms with E-state index >= 15 is 0 Å². The first kappa shape index (κ1) is 21.2. The monoisotopic (exact) mass is 404 g/mol. The van der Waals surface area contributed by atoms with Crippen LogP contribution < -0.4 is 15.4 Å². The highest BCUT2D eigenvalue weighted by Gasteiger charge is 2.23. The summed E-state index contributed by atoms with van der Waals surface area (Å²) in [6, 6.07) is 13.1. The van der Waals surface area contributed by atoms with Crippen LogP contribution in [0.2, 0.25) is 5.02 Å². The van der Waals surface area contributed by atoms with Crippen molar-refractivity contribution < 1.29 is 23.9 Å². The lowest BCUT2D eigenvalue weighted by atomic mass is 10.2. The maximum absolute atomic E-state index is 12.2. The Hall–Kier alpha value is -3.06. The molecule has 2 atom stereocenters. The predicted molar refractivity (Wildman–Crippen MR) is 106 cm³/mol. The van der Waals surface area contributed by atoms with Gasteiger partial charge in [-0.3, -0.25) is 9.59 Å². The molecular weight excluding hydrogens is 384 g/mol. The lowest BCUT2D eigenvalue weighted by Gasteiger charge is -2.18. The second-order valence-electron chi connectivity index (χ2n) is 6.04. The number of halogens is 1. The molecule has 0 spiro atoms. The summed E-state index contributed by atoms with van der Waals surface area (Å²) in [5.74, 6) is -0.879. The molecule has 0 bridgehead atoms. The first-order valence-corrected chi connectivity index (χ1v) is 8.93. The van der Waals surface area contributed by atoms with E-state index in [1.54, 1.807) is 48.5 Å². The van der Waals surface area contributed by atoms with Crippen LogP contribution in [0.25, 0.3) is 0 Å². The molecular formula is C20H21ClN2O5. The maximum atomic E-state index is 12.2. The summed E-state index contributed by atoms with van der Waals surface area (Å²) >= 11 is 5.80. The Kier molecular flexibility index (Phi) is 7.40. The zero-order chi connectivity index (χ0) is 20.7. The third-order valence-electron chi connectivity index (χ3n) is 3.59. The van der Waals surface area contributed by atoms with Crippen molar-refractivity contribution in [2.45, 2.75) is 33.0 Å². The molecule has 0 radical (unpaired) electrons. The summed E-state index contributed by atoms with van der Waals surface area (Å²) in [7, 11) is 0. The van der Waals surface area contributed by atoms with Crippen molar-refractivity contribution in [1.82, 2.24) is 0 Å².